The molecule has 0 bridgehead atoms. The van der Waals surface area contributed by atoms with Gasteiger partial charge in [-0.2, -0.15) is 0 Å². The molecule has 0 saturated carbocycles. The third-order valence-electron chi connectivity index (χ3n) is 4.53. The first-order valence-electron chi connectivity index (χ1n) is 8.89. The third kappa shape index (κ3) is 4.01. The van der Waals surface area contributed by atoms with Gasteiger partial charge in [0.1, 0.15) is 12.4 Å². The van der Waals surface area contributed by atoms with Gasteiger partial charge < -0.3 is 10.1 Å². The highest BCUT2D eigenvalue weighted by Gasteiger charge is 2.27. The van der Waals surface area contributed by atoms with Gasteiger partial charge in [-0.05, 0) is 42.5 Å². The minimum atomic E-state index is -0.515. The summed E-state index contributed by atoms with van der Waals surface area (Å²) in [6, 6.07) is 16.4. The first-order chi connectivity index (χ1) is 14.4. The van der Waals surface area contributed by atoms with Gasteiger partial charge in [0.05, 0.1) is 11.1 Å². The summed E-state index contributed by atoms with van der Waals surface area (Å²) in [5, 5.41) is 5.96. The van der Waals surface area contributed by atoms with Crippen molar-refractivity contribution >= 4 is 46.6 Å². The van der Waals surface area contributed by atoms with Gasteiger partial charge in [0, 0.05) is 32.9 Å². The van der Waals surface area contributed by atoms with Crippen molar-refractivity contribution in [2.75, 3.05) is 5.32 Å². The minimum Gasteiger partial charge on any atom is -0.489 e. The Morgan fingerprint density at radius 1 is 0.900 bits per heavy atom. The van der Waals surface area contributed by atoms with Gasteiger partial charge in [-0.3, -0.25) is 19.7 Å². The summed E-state index contributed by atoms with van der Waals surface area (Å²) in [5.74, 6) is -0.886. The van der Waals surface area contributed by atoms with E-state index >= 15 is 0 Å². The van der Waals surface area contributed by atoms with Crippen molar-refractivity contribution in [3.8, 4) is 5.75 Å². The zero-order valence-electron chi connectivity index (χ0n) is 15.4. The monoisotopic (exact) mass is 440 g/mol. The molecule has 0 radical (unpaired) electrons. The molecule has 0 aliphatic carbocycles. The number of nitrogens with one attached hydrogen (secondary N) is 2. The molecule has 0 fully saturated rings. The third-order valence-corrected chi connectivity index (χ3v) is 5.24. The number of carbonyl (C=O) groups excluding carboxylic acids is 3. The molecule has 3 aromatic rings. The molecule has 1 aliphatic rings. The molecule has 1 heterocycles. The van der Waals surface area contributed by atoms with Crippen LogP contribution in [0.15, 0.2) is 60.7 Å². The Morgan fingerprint density at radius 2 is 1.60 bits per heavy atom. The lowest BCUT2D eigenvalue weighted by molar-refractivity contribution is 0.0879. The van der Waals surface area contributed by atoms with E-state index in [9.17, 15) is 14.4 Å². The number of benzene rings is 3. The van der Waals surface area contributed by atoms with E-state index in [0.29, 0.717) is 27.0 Å². The van der Waals surface area contributed by atoms with E-state index in [2.05, 4.69) is 10.6 Å². The zero-order valence-corrected chi connectivity index (χ0v) is 16.9. The van der Waals surface area contributed by atoms with Gasteiger partial charge in [0.2, 0.25) is 0 Å². The van der Waals surface area contributed by atoms with Crippen molar-refractivity contribution in [3.63, 3.8) is 0 Å². The number of fused-ring (bicyclic) bond motifs is 1. The summed E-state index contributed by atoms with van der Waals surface area (Å²) in [7, 11) is 0. The van der Waals surface area contributed by atoms with Crippen LogP contribution in [0.3, 0.4) is 0 Å². The van der Waals surface area contributed by atoms with Gasteiger partial charge in [-0.25, -0.2) is 0 Å². The van der Waals surface area contributed by atoms with Crippen LogP contribution in [-0.4, -0.2) is 17.7 Å². The molecular weight excluding hydrogens is 427 g/mol. The first kappa shape index (κ1) is 19.9. The van der Waals surface area contributed by atoms with E-state index in [4.69, 9.17) is 27.9 Å². The van der Waals surface area contributed by atoms with Crippen LogP contribution in [0.25, 0.3) is 0 Å². The Kier molecular flexibility index (Phi) is 5.44. The lowest BCUT2D eigenvalue weighted by Crippen LogP contribution is -2.19. The van der Waals surface area contributed by atoms with Crippen LogP contribution in [0.1, 0.15) is 36.6 Å². The predicted molar refractivity (Wildman–Crippen MR) is 113 cm³/mol. The predicted octanol–water partition coefficient (Wildman–Crippen LogP) is 4.71. The van der Waals surface area contributed by atoms with Crippen molar-refractivity contribution in [3.05, 3.63) is 93.0 Å². The fourth-order valence-electron chi connectivity index (χ4n) is 3.00. The number of imide groups is 1. The van der Waals surface area contributed by atoms with Gasteiger partial charge in [0.25, 0.3) is 17.7 Å². The normalized spacial score (nSPS) is 12.3. The van der Waals surface area contributed by atoms with Gasteiger partial charge in [0.15, 0.2) is 0 Å². The van der Waals surface area contributed by atoms with Crippen LogP contribution in [-0.2, 0) is 6.61 Å². The molecule has 30 heavy (non-hydrogen) atoms. The summed E-state index contributed by atoms with van der Waals surface area (Å²) in [5.41, 5.74) is 1.87. The van der Waals surface area contributed by atoms with Crippen molar-refractivity contribution in [2.24, 2.45) is 0 Å². The molecule has 3 amide bonds. The fraction of sp³-hybridized carbons (Fsp3) is 0.0455. The van der Waals surface area contributed by atoms with Crippen LogP contribution in [0, 0.1) is 0 Å². The highest BCUT2D eigenvalue weighted by molar-refractivity contribution is 6.36. The van der Waals surface area contributed by atoms with Crippen molar-refractivity contribution in [2.45, 2.75) is 6.61 Å². The van der Waals surface area contributed by atoms with Gasteiger partial charge in [-0.15, -0.1) is 0 Å². The lowest BCUT2D eigenvalue weighted by atomic mass is 10.1. The molecule has 3 aromatic carbocycles. The molecule has 8 heteroatoms. The number of ether oxygens (including phenoxy) is 1. The molecule has 6 nitrogen and oxygen atoms in total. The Hall–Kier alpha value is -3.35. The SMILES string of the molecule is O=C(Nc1cccc(OCc2c(Cl)cccc2Cl)c1)c1ccc2c(c1)C(=O)NC2=O. The maximum absolute atomic E-state index is 12.6. The summed E-state index contributed by atoms with van der Waals surface area (Å²) < 4.78 is 5.76. The number of halogens is 2. The minimum absolute atomic E-state index is 0.171. The van der Waals surface area contributed by atoms with Crippen LogP contribution < -0.4 is 15.4 Å². The van der Waals surface area contributed by atoms with E-state index in [-0.39, 0.29) is 23.3 Å². The van der Waals surface area contributed by atoms with Crippen LogP contribution in [0.4, 0.5) is 5.69 Å². The molecule has 0 spiro atoms. The molecule has 0 unspecified atom stereocenters. The first-order valence-corrected chi connectivity index (χ1v) is 9.65. The van der Waals surface area contributed by atoms with E-state index in [1.54, 1.807) is 42.5 Å². The summed E-state index contributed by atoms with van der Waals surface area (Å²) in [6.07, 6.45) is 0. The average molecular weight is 441 g/mol. The van der Waals surface area contributed by atoms with E-state index < -0.39 is 17.7 Å². The van der Waals surface area contributed by atoms with Crippen molar-refractivity contribution < 1.29 is 19.1 Å². The number of carbonyl (C=O) groups is 3. The molecule has 0 saturated heterocycles. The maximum Gasteiger partial charge on any atom is 0.258 e. The zero-order chi connectivity index (χ0) is 21.3. The molecule has 150 valence electrons. The molecule has 0 aromatic heterocycles. The van der Waals surface area contributed by atoms with Crippen LogP contribution in [0.2, 0.25) is 10.0 Å². The highest BCUT2D eigenvalue weighted by atomic mass is 35.5. The lowest BCUT2D eigenvalue weighted by Gasteiger charge is -2.11. The summed E-state index contributed by atoms with van der Waals surface area (Å²) in [4.78, 5) is 36.0. The van der Waals surface area contributed by atoms with E-state index in [0.717, 1.165) is 0 Å². The molecule has 1 aliphatic heterocycles. The summed E-state index contributed by atoms with van der Waals surface area (Å²) in [6.45, 7) is 0.171. The maximum atomic E-state index is 12.6. The Balaban J connectivity index is 1.47. The Morgan fingerprint density at radius 3 is 2.37 bits per heavy atom. The highest BCUT2D eigenvalue weighted by Crippen LogP contribution is 2.27. The number of anilines is 1. The topological polar surface area (TPSA) is 84.5 Å². The van der Waals surface area contributed by atoms with Gasteiger partial charge >= 0.3 is 0 Å². The Bertz CT molecular complexity index is 1170. The summed E-state index contributed by atoms with van der Waals surface area (Å²) >= 11 is 12.3. The standard InChI is InChI=1S/C22H14Cl2N2O4/c23-18-5-2-6-19(24)17(18)11-30-14-4-1-3-13(10-14)25-20(27)12-7-8-15-16(9-12)22(29)26-21(15)28/h1-10H,11H2,(H,25,27)(H,26,28,29). The van der Waals surface area contributed by atoms with Crippen LogP contribution in [0.5, 0.6) is 5.75 Å². The number of rotatable bonds is 5. The smallest absolute Gasteiger partial charge is 0.258 e. The molecular formula is C22H14Cl2N2O4. The van der Waals surface area contributed by atoms with Crippen molar-refractivity contribution in [1.29, 1.82) is 0 Å². The van der Waals surface area contributed by atoms with E-state index in [1.165, 1.54) is 18.2 Å². The number of amides is 3. The number of hydrogen-bond acceptors (Lipinski definition) is 4. The quantitative estimate of drug-likeness (QED) is 0.562. The fourth-order valence-corrected chi connectivity index (χ4v) is 3.51. The second kappa shape index (κ2) is 8.18. The van der Waals surface area contributed by atoms with Crippen molar-refractivity contribution in [1.82, 2.24) is 5.32 Å². The van der Waals surface area contributed by atoms with Crippen LogP contribution >= 0.6 is 23.2 Å². The average Bonchev–Trinajstić information content (AvgIpc) is 3.01. The second-order valence-corrected chi connectivity index (χ2v) is 7.33. The van der Waals surface area contributed by atoms with Gasteiger partial charge in [-0.1, -0.05) is 35.3 Å². The Labute approximate surface area is 181 Å². The largest absolute Gasteiger partial charge is 0.489 e. The number of hydrogen-bond donors (Lipinski definition) is 2. The molecule has 4 rings (SSSR count). The molecule has 2 N–H and O–H groups in total. The molecule has 0 atom stereocenters. The second-order valence-electron chi connectivity index (χ2n) is 6.51. The van der Waals surface area contributed by atoms with E-state index in [1.807, 2.05) is 0 Å².